The molecule has 1 saturated carbocycles. The van der Waals surface area contributed by atoms with Crippen LogP contribution in [0, 0.1) is 5.92 Å². The van der Waals surface area contributed by atoms with Crippen molar-refractivity contribution in [3.8, 4) is 0 Å². The highest BCUT2D eigenvalue weighted by Crippen LogP contribution is 2.42. The number of carbonyl (C=O) groups excluding carboxylic acids is 2. The van der Waals surface area contributed by atoms with Crippen LogP contribution >= 0.6 is 0 Å². The summed E-state index contributed by atoms with van der Waals surface area (Å²) in [4.78, 5) is 22.7. The van der Waals surface area contributed by atoms with Crippen molar-refractivity contribution < 1.29 is 28.9 Å². The molecule has 2 fully saturated rings. The van der Waals surface area contributed by atoms with E-state index in [2.05, 4.69) is 6.58 Å². The van der Waals surface area contributed by atoms with E-state index in [0.29, 0.717) is 19.3 Å². The Bertz CT molecular complexity index is 431. The smallest absolute Gasteiger partial charge is 0.333 e. The Morgan fingerprint density at radius 2 is 2.35 bits per heavy atom. The lowest BCUT2D eigenvalue weighted by molar-refractivity contribution is -0.233. The van der Waals surface area contributed by atoms with Gasteiger partial charge in [0, 0.05) is 12.0 Å². The minimum atomic E-state index is -1.25. The molecule has 0 radical (unpaired) electrons. The van der Waals surface area contributed by atoms with Gasteiger partial charge in [-0.1, -0.05) is 6.58 Å². The maximum Gasteiger partial charge on any atom is 0.333 e. The van der Waals surface area contributed by atoms with Gasteiger partial charge in [0.2, 0.25) is 0 Å². The molecule has 2 bridgehead atoms. The van der Waals surface area contributed by atoms with Crippen molar-refractivity contribution in [2.45, 2.75) is 51.1 Å². The lowest BCUT2D eigenvalue weighted by atomic mass is 9.80. The number of hydrogen-bond acceptors (Lipinski definition) is 6. The van der Waals surface area contributed by atoms with Crippen LogP contribution in [0.2, 0.25) is 0 Å². The summed E-state index contributed by atoms with van der Waals surface area (Å²) in [5.74, 6) is -0.811. The fourth-order valence-electron chi connectivity index (χ4n) is 2.62. The van der Waals surface area contributed by atoms with Crippen molar-refractivity contribution in [2.75, 3.05) is 6.61 Å². The van der Waals surface area contributed by atoms with E-state index in [-0.39, 0.29) is 30.2 Å². The number of esters is 2. The predicted molar refractivity (Wildman–Crippen MR) is 68.5 cm³/mol. The third-order valence-electron chi connectivity index (χ3n) is 3.87. The van der Waals surface area contributed by atoms with Crippen LogP contribution < -0.4 is 0 Å². The molecule has 1 N–H and O–H groups in total. The molecule has 1 aliphatic heterocycles. The predicted octanol–water partition coefficient (Wildman–Crippen LogP) is 0.925. The minimum Gasteiger partial charge on any atom is -0.459 e. The third kappa shape index (κ3) is 3.02. The molecule has 4 unspecified atom stereocenters. The number of carbonyl (C=O) groups is 2. The second-order valence-corrected chi connectivity index (χ2v) is 5.66. The molecule has 2 aliphatic rings. The summed E-state index contributed by atoms with van der Waals surface area (Å²) in [5.41, 5.74) is -0.480. The molecule has 0 amide bonds. The second kappa shape index (κ2) is 5.54. The van der Waals surface area contributed by atoms with Crippen molar-refractivity contribution in [1.82, 2.24) is 0 Å². The van der Waals surface area contributed by atoms with E-state index in [4.69, 9.17) is 14.2 Å². The fraction of sp³-hybridized carbons (Fsp3) is 0.714. The van der Waals surface area contributed by atoms with Crippen LogP contribution in [0.3, 0.4) is 0 Å². The lowest BCUT2D eigenvalue weighted by Crippen LogP contribution is -2.47. The van der Waals surface area contributed by atoms with Crippen molar-refractivity contribution in [1.29, 1.82) is 0 Å². The topological polar surface area (TPSA) is 82.1 Å². The highest BCUT2D eigenvalue weighted by molar-refractivity contribution is 5.86. The highest BCUT2D eigenvalue weighted by Gasteiger charge is 2.51. The van der Waals surface area contributed by atoms with Gasteiger partial charge in [0.25, 0.3) is 0 Å². The zero-order chi connectivity index (χ0) is 14.9. The molecule has 2 rings (SSSR count). The monoisotopic (exact) mass is 284 g/mol. The maximum atomic E-state index is 11.5. The van der Waals surface area contributed by atoms with Crippen molar-refractivity contribution in [3.05, 3.63) is 12.2 Å². The summed E-state index contributed by atoms with van der Waals surface area (Å²) in [6.45, 7) is 6.50. The third-order valence-corrected chi connectivity index (χ3v) is 3.87. The summed E-state index contributed by atoms with van der Waals surface area (Å²) >= 11 is 0. The molecule has 6 heteroatoms. The Morgan fingerprint density at radius 1 is 1.65 bits per heavy atom. The normalized spacial score (nSPS) is 33.5. The molecule has 4 atom stereocenters. The number of aliphatic hydroxyl groups is 1. The first-order valence-electron chi connectivity index (χ1n) is 6.71. The summed E-state index contributed by atoms with van der Waals surface area (Å²) in [5, 5.41) is 9.82. The van der Waals surface area contributed by atoms with Crippen LogP contribution in [-0.4, -0.2) is 41.6 Å². The molecule has 6 nitrogen and oxygen atoms in total. The number of rotatable bonds is 5. The molecule has 0 aromatic heterocycles. The van der Waals surface area contributed by atoms with E-state index in [1.54, 1.807) is 6.92 Å². The highest BCUT2D eigenvalue weighted by atomic mass is 16.7. The van der Waals surface area contributed by atoms with Gasteiger partial charge in [-0.05, 0) is 26.7 Å². The largest absolute Gasteiger partial charge is 0.459 e. The quantitative estimate of drug-likeness (QED) is 0.459. The van der Waals surface area contributed by atoms with Gasteiger partial charge in [-0.3, -0.25) is 4.79 Å². The Morgan fingerprint density at radius 3 is 3.00 bits per heavy atom. The molecular weight excluding hydrogens is 264 g/mol. The Balaban J connectivity index is 1.87. The zero-order valence-electron chi connectivity index (χ0n) is 11.8. The van der Waals surface area contributed by atoms with Gasteiger partial charge in [0.15, 0.2) is 6.29 Å². The number of aliphatic hydroxyl groups excluding tert-OH is 1. The summed E-state index contributed by atoms with van der Waals surface area (Å²) in [6, 6.07) is 0. The first kappa shape index (κ1) is 15.0. The molecule has 0 spiro atoms. The van der Waals surface area contributed by atoms with Crippen molar-refractivity contribution >= 4 is 11.9 Å². The molecular formula is C14H20O6. The summed E-state index contributed by atoms with van der Waals surface area (Å²) < 4.78 is 15.7. The fourth-order valence-corrected chi connectivity index (χ4v) is 2.62. The van der Waals surface area contributed by atoms with Gasteiger partial charge >= 0.3 is 11.9 Å². The number of fused-ring (bicyclic) bond motifs is 2. The Hall–Kier alpha value is -1.40. The lowest BCUT2D eigenvalue weighted by Gasteiger charge is -2.38. The average Bonchev–Trinajstić information content (AvgIpc) is 2.70. The van der Waals surface area contributed by atoms with Crippen LogP contribution in [0.4, 0.5) is 0 Å². The van der Waals surface area contributed by atoms with E-state index in [1.807, 2.05) is 0 Å². The molecule has 1 saturated heterocycles. The van der Waals surface area contributed by atoms with E-state index >= 15 is 0 Å². The van der Waals surface area contributed by atoms with E-state index in [0.717, 1.165) is 0 Å². The van der Waals surface area contributed by atoms with E-state index in [1.165, 1.54) is 6.92 Å². The average molecular weight is 284 g/mol. The van der Waals surface area contributed by atoms with E-state index < -0.39 is 17.9 Å². The van der Waals surface area contributed by atoms with Crippen LogP contribution in [-0.2, 0) is 23.8 Å². The van der Waals surface area contributed by atoms with Crippen molar-refractivity contribution in [3.63, 3.8) is 0 Å². The van der Waals surface area contributed by atoms with E-state index in [9.17, 15) is 14.7 Å². The molecule has 0 aromatic rings. The molecule has 20 heavy (non-hydrogen) atoms. The maximum absolute atomic E-state index is 11.5. The first-order chi connectivity index (χ1) is 9.32. The van der Waals surface area contributed by atoms with Gasteiger partial charge in [0.1, 0.15) is 18.3 Å². The molecule has 1 heterocycles. The number of ether oxygens (including phenoxy) is 3. The van der Waals surface area contributed by atoms with Crippen molar-refractivity contribution in [2.24, 2.45) is 5.92 Å². The molecule has 112 valence electrons. The van der Waals surface area contributed by atoms with Crippen LogP contribution in [0.1, 0.15) is 33.1 Å². The second-order valence-electron chi connectivity index (χ2n) is 5.66. The Labute approximate surface area is 117 Å². The number of hydrogen-bond donors (Lipinski definition) is 1. The molecule has 0 aromatic carbocycles. The molecule has 1 aliphatic carbocycles. The minimum absolute atomic E-state index is 0.0462. The van der Waals surface area contributed by atoms with Gasteiger partial charge in [-0.25, -0.2) is 4.79 Å². The van der Waals surface area contributed by atoms with Crippen LogP contribution in [0.5, 0.6) is 0 Å². The van der Waals surface area contributed by atoms with Crippen LogP contribution in [0.15, 0.2) is 12.2 Å². The zero-order valence-corrected chi connectivity index (χ0v) is 11.8. The van der Waals surface area contributed by atoms with Gasteiger partial charge in [-0.2, -0.15) is 0 Å². The summed E-state index contributed by atoms with van der Waals surface area (Å²) in [6.07, 6.45) is 0.330. The Kier molecular flexibility index (Phi) is 4.15. The first-order valence-corrected chi connectivity index (χ1v) is 6.71. The van der Waals surface area contributed by atoms with Gasteiger partial charge in [-0.15, -0.1) is 0 Å². The summed E-state index contributed by atoms with van der Waals surface area (Å²) in [7, 11) is 0. The standard InChI is InChI=1S/C14H20O6/c1-8(2)12(16)18-7-11(15)20-14(3)5-4-9-6-10(14)19-13(9)17/h9-11,15H,1,4-7H2,2-3H3. The van der Waals surface area contributed by atoms with Gasteiger partial charge in [0.05, 0.1) is 5.92 Å². The van der Waals surface area contributed by atoms with Gasteiger partial charge < -0.3 is 19.3 Å². The van der Waals surface area contributed by atoms with Crippen LogP contribution in [0.25, 0.3) is 0 Å². The SMILES string of the molecule is C=C(C)C(=O)OCC(O)OC1(C)CCC2CC1OC2=O.